The molecule has 1 atom stereocenters. The summed E-state index contributed by atoms with van der Waals surface area (Å²) in [5.74, 6) is -0.616. The number of hydrogen-bond donors (Lipinski definition) is 2. The summed E-state index contributed by atoms with van der Waals surface area (Å²) in [6.45, 7) is 0.00810. The van der Waals surface area contributed by atoms with Crippen LogP contribution in [0.4, 0.5) is 0 Å². The van der Waals surface area contributed by atoms with E-state index in [4.69, 9.17) is 4.55 Å². The first-order chi connectivity index (χ1) is 4.96. The zero-order chi connectivity index (χ0) is 8.65. The van der Waals surface area contributed by atoms with Gasteiger partial charge in [0.2, 0.25) is 0 Å². The molecule has 2 N–H and O–H groups in total. The molecule has 11 heavy (non-hydrogen) atoms. The van der Waals surface area contributed by atoms with Gasteiger partial charge in [0, 0.05) is 0 Å². The quantitative estimate of drug-likeness (QED) is 0.387. The fourth-order valence-electron chi connectivity index (χ4n) is 0.818. The lowest BCUT2D eigenvalue weighted by Gasteiger charge is -2.34. The van der Waals surface area contributed by atoms with Gasteiger partial charge in [0.1, 0.15) is 6.04 Å². The normalized spacial score (nSPS) is 25.1. The number of carbonyl (C=O) groups is 1. The number of carbonyl (C=O) groups excluding carboxylic acids is 1. The maximum absolute atomic E-state index is 10.8. The average molecular weight is 180 g/mol. The molecule has 0 aromatic heterocycles. The maximum atomic E-state index is 10.8. The summed E-state index contributed by atoms with van der Waals surface area (Å²) in [5, 5.41) is 2.59. The molecule has 64 valence electrons. The Balaban J connectivity index is 2.66. The van der Waals surface area contributed by atoms with Crippen LogP contribution in [0.5, 0.6) is 0 Å². The Labute approximate surface area is 64.1 Å². The molecular weight excluding hydrogens is 172 g/mol. The highest BCUT2D eigenvalue weighted by molar-refractivity contribution is 7.84. The zero-order valence-electron chi connectivity index (χ0n) is 5.81. The minimum absolute atomic E-state index is 0.00810. The second-order valence-corrected chi connectivity index (χ2v) is 3.52. The maximum Gasteiger partial charge on any atom is 0.362 e. The molecule has 1 rings (SSSR count). The lowest BCUT2D eigenvalue weighted by atomic mass is 10.2. The summed E-state index contributed by atoms with van der Waals surface area (Å²) in [5.41, 5.74) is 0. The van der Waals surface area contributed by atoms with Gasteiger partial charge < -0.3 is 5.32 Å². The number of nitrogens with one attached hydrogen (secondary N) is 1. The zero-order valence-corrected chi connectivity index (χ0v) is 6.63. The van der Waals surface area contributed by atoms with Crippen LogP contribution >= 0.6 is 0 Å². The van der Waals surface area contributed by atoms with Crippen molar-refractivity contribution in [1.29, 1.82) is 0 Å². The molecule has 1 amide bonds. The van der Waals surface area contributed by atoms with Crippen LogP contribution in [0.25, 0.3) is 0 Å². The van der Waals surface area contributed by atoms with Gasteiger partial charge in [-0.2, -0.15) is 8.42 Å². The van der Waals surface area contributed by atoms with E-state index in [1.165, 1.54) is 0 Å². The summed E-state index contributed by atoms with van der Waals surface area (Å²) in [4.78, 5) is 10.8. The van der Waals surface area contributed by atoms with E-state index in [1.807, 2.05) is 0 Å². The Hall–Kier alpha value is -0.660. The number of likely N-dealkylation sites (N-methyl/N-ethyl adjacent to an activating group) is 1. The summed E-state index contributed by atoms with van der Waals surface area (Å²) in [6, 6.07) is -0.475. The molecule has 0 unspecified atom stereocenters. The van der Waals surface area contributed by atoms with Crippen LogP contribution < -0.4 is 5.32 Å². The highest BCUT2D eigenvalue weighted by atomic mass is 32.2. The largest absolute Gasteiger partial charge is 0.362 e. The fraction of sp³-hybridized carbons (Fsp3) is 0.750. The van der Waals surface area contributed by atoms with Crippen molar-refractivity contribution in [1.82, 2.24) is 9.62 Å². The van der Waals surface area contributed by atoms with Crippen molar-refractivity contribution in [3.63, 3.8) is 0 Å². The molecule has 1 aliphatic rings. The van der Waals surface area contributed by atoms with Crippen LogP contribution in [0.1, 0.15) is 0 Å². The van der Waals surface area contributed by atoms with E-state index in [-0.39, 0.29) is 6.54 Å². The first-order valence-corrected chi connectivity index (χ1v) is 4.33. The molecule has 1 fully saturated rings. The van der Waals surface area contributed by atoms with Crippen LogP contribution in [-0.4, -0.2) is 42.8 Å². The van der Waals surface area contributed by atoms with Gasteiger partial charge in [-0.05, 0) is 7.05 Å². The predicted octanol–water partition coefficient (Wildman–Crippen LogP) is -1.78. The molecule has 6 nitrogen and oxygen atoms in total. The number of rotatable bonds is 2. The minimum atomic E-state index is -4.31. The highest BCUT2D eigenvalue weighted by Crippen LogP contribution is 2.12. The van der Waals surface area contributed by atoms with Gasteiger partial charge in [-0.25, -0.2) is 4.31 Å². The highest BCUT2D eigenvalue weighted by Gasteiger charge is 2.42. The smallest absolute Gasteiger partial charge is 0.307 e. The van der Waals surface area contributed by atoms with Crippen molar-refractivity contribution in [2.75, 3.05) is 13.6 Å². The standard InChI is InChI=1S/C4H8N2O4S/c1-5-3-2-6(4(3)7)11(8,9)10/h3,5H,2H2,1H3,(H,8,9,10)/t3-/m0/s1. The van der Waals surface area contributed by atoms with Crippen molar-refractivity contribution >= 4 is 16.2 Å². The van der Waals surface area contributed by atoms with E-state index >= 15 is 0 Å². The topological polar surface area (TPSA) is 86.7 Å². The minimum Gasteiger partial charge on any atom is -0.307 e. The molecule has 0 aromatic carbocycles. The Morgan fingerprint density at radius 1 is 1.73 bits per heavy atom. The van der Waals surface area contributed by atoms with E-state index in [0.717, 1.165) is 0 Å². The molecule has 0 spiro atoms. The molecule has 0 saturated carbocycles. The lowest BCUT2D eigenvalue weighted by molar-refractivity contribution is -0.136. The van der Waals surface area contributed by atoms with Crippen LogP contribution in [0.15, 0.2) is 0 Å². The van der Waals surface area contributed by atoms with Crippen molar-refractivity contribution in [2.45, 2.75) is 6.04 Å². The van der Waals surface area contributed by atoms with Gasteiger partial charge in [-0.15, -0.1) is 0 Å². The Bertz CT molecular complexity index is 272. The van der Waals surface area contributed by atoms with Gasteiger partial charge in [-0.1, -0.05) is 0 Å². The van der Waals surface area contributed by atoms with Crippen molar-refractivity contribution < 1.29 is 17.8 Å². The van der Waals surface area contributed by atoms with E-state index in [0.29, 0.717) is 4.31 Å². The van der Waals surface area contributed by atoms with Crippen LogP contribution in [0.2, 0.25) is 0 Å². The summed E-state index contributed by atoms with van der Waals surface area (Å²) < 4.78 is 29.4. The fourth-order valence-corrected chi connectivity index (χ4v) is 1.51. The molecule has 1 aliphatic heterocycles. The SMILES string of the molecule is CN[C@H]1CN(S(=O)(=O)O)C1=O. The first kappa shape index (κ1) is 8.44. The third-order valence-corrected chi connectivity index (χ3v) is 2.41. The van der Waals surface area contributed by atoms with Crippen LogP contribution in [-0.2, 0) is 15.1 Å². The number of nitrogens with zero attached hydrogens (tertiary/aromatic N) is 1. The Morgan fingerprint density at radius 2 is 2.27 bits per heavy atom. The lowest BCUT2D eigenvalue weighted by Crippen LogP contribution is -2.63. The third-order valence-electron chi connectivity index (χ3n) is 1.52. The number of β-lactam (4-membered cyclic amide) rings is 1. The second-order valence-electron chi connectivity index (χ2n) is 2.19. The molecule has 1 heterocycles. The van der Waals surface area contributed by atoms with Crippen LogP contribution in [0.3, 0.4) is 0 Å². The van der Waals surface area contributed by atoms with E-state index in [2.05, 4.69) is 5.32 Å². The molecule has 7 heteroatoms. The molecular formula is C4H8N2O4S. The predicted molar refractivity (Wildman–Crippen MR) is 36.1 cm³/mol. The van der Waals surface area contributed by atoms with Gasteiger partial charge >= 0.3 is 10.3 Å². The van der Waals surface area contributed by atoms with Gasteiger partial charge in [0.25, 0.3) is 5.91 Å². The molecule has 0 aliphatic carbocycles. The molecule has 0 radical (unpaired) electrons. The number of hydrogen-bond acceptors (Lipinski definition) is 4. The monoisotopic (exact) mass is 180 g/mol. The van der Waals surface area contributed by atoms with E-state index in [1.54, 1.807) is 7.05 Å². The van der Waals surface area contributed by atoms with E-state index < -0.39 is 22.3 Å². The molecule has 1 saturated heterocycles. The molecule has 0 bridgehead atoms. The van der Waals surface area contributed by atoms with Crippen molar-refractivity contribution in [3.05, 3.63) is 0 Å². The van der Waals surface area contributed by atoms with Crippen LogP contribution in [0, 0.1) is 0 Å². The van der Waals surface area contributed by atoms with Crippen molar-refractivity contribution in [3.8, 4) is 0 Å². The summed E-state index contributed by atoms with van der Waals surface area (Å²) in [7, 11) is -2.77. The molecule has 0 aromatic rings. The van der Waals surface area contributed by atoms with Crippen molar-refractivity contribution in [2.24, 2.45) is 0 Å². The summed E-state index contributed by atoms with van der Waals surface area (Å²) in [6.07, 6.45) is 0. The number of amides is 1. The van der Waals surface area contributed by atoms with Gasteiger partial charge in [-0.3, -0.25) is 9.35 Å². The average Bonchev–Trinajstić information content (AvgIpc) is 1.83. The second kappa shape index (κ2) is 2.43. The van der Waals surface area contributed by atoms with Gasteiger partial charge in [0.05, 0.1) is 6.54 Å². The Kier molecular flexibility index (Phi) is 1.87. The summed E-state index contributed by atoms with van der Waals surface area (Å²) >= 11 is 0. The van der Waals surface area contributed by atoms with E-state index in [9.17, 15) is 13.2 Å². The van der Waals surface area contributed by atoms with Gasteiger partial charge in [0.15, 0.2) is 0 Å². The third kappa shape index (κ3) is 1.35. The first-order valence-electron chi connectivity index (χ1n) is 2.93. The Morgan fingerprint density at radius 3 is 2.55 bits per heavy atom.